The van der Waals surface area contributed by atoms with E-state index in [0.717, 1.165) is 25.7 Å². The maximum Gasteiger partial charge on any atom is 0.275 e. The SMILES string of the molecule is CC(C)C(F)(F)c1ccc(C2CCC(N)CC2)cc1. The first-order chi connectivity index (χ1) is 8.91. The standard InChI is InChI=1S/C16H23F2N/c1-11(2)16(17,18)14-7-3-12(4-8-14)13-5-9-15(19)10-6-13/h3-4,7-8,11,13,15H,5-6,9-10,19H2,1-2H3. The van der Waals surface area contributed by atoms with E-state index < -0.39 is 11.8 Å². The Morgan fingerprint density at radius 1 is 1.05 bits per heavy atom. The van der Waals surface area contributed by atoms with Gasteiger partial charge < -0.3 is 5.73 Å². The summed E-state index contributed by atoms with van der Waals surface area (Å²) in [5.74, 6) is -2.93. The third-order valence-corrected chi connectivity index (χ3v) is 4.26. The quantitative estimate of drug-likeness (QED) is 0.862. The molecule has 0 unspecified atom stereocenters. The van der Waals surface area contributed by atoms with Crippen molar-refractivity contribution in [3.63, 3.8) is 0 Å². The van der Waals surface area contributed by atoms with Crippen LogP contribution in [-0.4, -0.2) is 6.04 Å². The van der Waals surface area contributed by atoms with Crippen LogP contribution in [0, 0.1) is 5.92 Å². The molecular weight excluding hydrogens is 244 g/mol. The summed E-state index contributed by atoms with van der Waals surface area (Å²) in [5, 5.41) is 0. The van der Waals surface area contributed by atoms with Crippen LogP contribution in [0.1, 0.15) is 56.6 Å². The first-order valence-corrected chi connectivity index (χ1v) is 7.15. The maximum atomic E-state index is 13.9. The first-order valence-electron chi connectivity index (χ1n) is 7.15. The minimum absolute atomic E-state index is 0.124. The van der Waals surface area contributed by atoms with Crippen LogP contribution in [0.3, 0.4) is 0 Å². The number of rotatable bonds is 3. The van der Waals surface area contributed by atoms with Gasteiger partial charge in [-0.1, -0.05) is 38.1 Å². The molecule has 3 heteroatoms. The zero-order valence-corrected chi connectivity index (χ0v) is 11.7. The Kier molecular flexibility index (Phi) is 4.24. The third-order valence-electron chi connectivity index (χ3n) is 4.26. The Hall–Kier alpha value is -0.960. The summed E-state index contributed by atoms with van der Waals surface area (Å²) >= 11 is 0. The van der Waals surface area contributed by atoms with E-state index in [1.165, 1.54) is 5.56 Å². The molecule has 1 aliphatic rings. The van der Waals surface area contributed by atoms with E-state index >= 15 is 0 Å². The number of halogens is 2. The highest BCUT2D eigenvalue weighted by Gasteiger charge is 2.35. The second kappa shape index (κ2) is 5.58. The Morgan fingerprint density at radius 3 is 2.05 bits per heavy atom. The van der Waals surface area contributed by atoms with E-state index in [1.807, 2.05) is 12.1 Å². The topological polar surface area (TPSA) is 26.0 Å². The highest BCUT2D eigenvalue weighted by Crippen LogP contribution is 2.37. The molecule has 19 heavy (non-hydrogen) atoms. The van der Waals surface area contributed by atoms with Crippen molar-refractivity contribution in [3.05, 3.63) is 35.4 Å². The molecule has 0 radical (unpaired) electrons. The molecule has 2 N–H and O–H groups in total. The monoisotopic (exact) mass is 267 g/mol. The van der Waals surface area contributed by atoms with Crippen LogP contribution in [0.15, 0.2) is 24.3 Å². The van der Waals surface area contributed by atoms with Gasteiger partial charge in [-0.25, -0.2) is 8.78 Å². The lowest BCUT2D eigenvalue weighted by Crippen LogP contribution is -2.25. The predicted octanol–water partition coefficient (Wildman–Crippen LogP) is 4.42. The van der Waals surface area contributed by atoms with Crippen molar-refractivity contribution in [1.82, 2.24) is 0 Å². The fraction of sp³-hybridized carbons (Fsp3) is 0.625. The molecule has 0 spiro atoms. The Bertz CT molecular complexity index is 403. The molecule has 0 bridgehead atoms. The summed E-state index contributed by atoms with van der Waals surface area (Å²) < 4.78 is 27.8. The Morgan fingerprint density at radius 2 is 1.58 bits per heavy atom. The van der Waals surface area contributed by atoms with Gasteiger partial charge in [-0.3, -0.25) is 0 Å². The summed E-state index contributed by atoms with van der Waals surface area (Å²) in [5.41, 5.74) is 7.19. The normalized spacial score (nSPS) is 24.7. The highest BCUT2D eigenvalue weighted by molar-refractivity contribution is 5.28. The molecule has 0 aliphatic heterocycles. The van der Waals surface area contributed by atoms with Gasteiger partial charge in [-0.2, -0.15) is 0 Å². The van der Waals surface area contributed by atoms with Gasteiger partial charge in [-0.15, -0.1) is 0 Å². The lowest BCUT2D eigenvalue weighted by atomic mass is 9.81. The van der Waals surface area contributed by atoms with E-state index in [1.54, 1.807) is 26.0 Å². The number of nitrogens with two attached hydrogens (primary N) is 1. The van der Waals surface area contributed by atoms with E-state index in [0.29, 0.717) is 12.0 Å². The number of alkyl halides is 2. The molecule has 106 valence electrons. The second-order valence-corrected chi connectivity index (χ2v) is 6.01. The van der Waals surface area contributed by atoms with Gasteiger partial charge in [0, 0.05) is 17.5 Å². The fourth-order valence-electron chi connectivity index (χ4n) is 2.76. The number of benzene rings is 1. The van der Waals surface area contributed by atoms with Crippen LogP contribution in [0.25, 0.3) is 0 Å². The van der Waals surface area contributed by atoms with E-state index in [-0.39, 0.29) is 5.56 Å². The Labute approximate surface area is 114 Å². The van der Waals surface area contributed by atoms with Crippen molar-refractivity contribution in [1.29, 1.82) is 0 Å². The molecule has 1 aromatic rings. The van der Waals surface area contributed by atoms with Gasteiger partial charge >= 0.3 is 0 Å². The first kappa shape index (κ1) is 14.4. The molecule has 0 atom stereocenters. The largest absolute Gasteiger partial charge is 0.328 e. The van der Waals surface area contributed by atoms with Gasteiger partial charge in [0.2, 0.25) is 0 Å². The van der Waals surface area contributed by atoms with Crippen molar-refractivity contribution >= 4 is 0 Å². The van der Waals surface area contributed by atoms with Crippen LogP contribution in [-0.2, 0) is 5.92 Å². The summed E-state index contributed by atoms with van der Waals surface area (Å²) in [7, 11) is 0. The fourth-order valence-corrected chi connectivity index (χ4v) is 2.76. The van der Waals surface area contributed by atoms with Crippen molar-refractivity contribution in [2.75, 3.05) is 0 Å². The minimum Gasteiger partial charge on any atom is -0.328 e. The predicted molar refractivity (Wildman–Crippen MR) is 74.4 cm³/mol. The van der Waals surface area contributed by atoms with Crippen molar-refractivity contribution in [3.8, 4) is 0 Å². The molecule has 1 aliphatic carbocycles. The smallest absolute Gasteiger partial charge is 0.275 e. The summed E-state index contributed by atoms with van der Waals surface area (Å²) in [6.45, 7) is 3.10. The zero-order chi connectivity index (χ0) is 14.0. The Balaban J connectivity index is 2.10. The van der Waals surface area contributed by atoms with Gasteiger partial charge in [0.1, 0.15) is 0 Å². The average molecular weight is 267 g/mol. The molecule has 0 saturated heterocycles. The third kappa shape index (κ3) is 3.14. The zero-order valence-electron chi connectivity index (χ0n) is 11.7. The van der Waals surface area contributed by atoms with E-state index in [4.69, 9.17) is 5.73 Å². The summed E-state index contributed by atoms with van der Waals surface area (Å²) in [6, 6.07) is 7.23. The van der Waals surface area contributed by atoms with Crippen molar-refractivity contribution in [2.45, 2.75) is 57.4 Å². The van der Waals surface area contributed by atoms with Crippen LogP contribution in [0.2, 0.25) is 0 Å². The molecule has 0 heterocycles. The summed E-state index contributed by atoms with van der Waals surface area (Å²) in [4.78, 5) is 0. The molecule has 1 fully saturated rings. The molecular formula is C16H23F2N. The molecule has 2 rings (SSSR count). The molecule has 1 saturated carbocycles. The molecule has 0 amide bonds. The summed E-state index contributed by atoms with van der Waals surface area (Å²) in [6.07, 6.45) is 4.21. The van der Waals surface area contributed by atoms with Crippen LogP contribution >= 0.6 is 0 Å². The van der Waals surface area contributed by atoms with Gasteiger partial charge in [-0.05, 0) is 37.2 Å². The molecule has 1 nitrogen and oxygen atoms in total. The van der Waals surface area contributed by atoms with Gasteiger partial charge in [0.15, 0.2) is 0 Å². The van der Waals surface area contributed by atoms with Gasteiger partial charge in [0.25, 0.3) is 5.92 Å². The van der Waals surface area contributed by atoms with Gasteiger partial charge in [0.05, 0.1) is 0 Å². The lowest BCUT2D eigenvalue weighted by molar-refractivity contribution is -0.0514. The van der Waals surface area contributed by atoms with Crippen molar-refractivity contribution in [2.24, 2.45) is 11.7 Å². The van der Waals surface area contributed by atoms with E-state index in [9.17, 15) is 8.78 Å². The number of hydrogen-bond donors (Lipinski definition) is 1. The number of hydrogen-bond acceptors (Lipinski definition) is 1. The molecule has 0 aromatic heterocycles. The van der Waals surface area contributed by atoms with E-state index in [2.05, 4.69) is 0 Å². The maximum absolute atomic E-state index is 13.9. The average Bonchev–Trinajstić information content (AvgIpc) is 2.39. The lowest BCUT2D eigenvalue weighted by Gasteiger charge is -2.27. The molecule has 1 aromatic carbocycles. The van der Waals surface area contributed by atoms with Crippen molar-refractivity contribution < 1.29 is 8.78 Å². The van der Waals surface area contributed by atoms with Crippen LogP contribution in [0.5, 0.6) is 0 Å². The highest BCUT2D eigenvalue weighted by atomic mass is 19.3. The van der Waals surface area contributed by atoms with Crippen LogP contribution in [0.4, 0.5) is 8.78 Å². The van der Waals surface area contributed by atoms with Crippen LogP contribution < -0.4 is 5.73 Å². The second-order valence-electron chi connectivity index (χ2n) is 6.01. The minimum atomic E-state index is -2.74.